The lowest BCUT2D eigenvalue weighted by atomic mass is 10.0. The van der Waals surface area contributed by atoms with Gasteiger partial charge in [-0.25, -0.2) is 0 Å². The van der Waals surface area contributed by atoms with Crippen molar-refractivity contribution in [3.05, 3.63) is 77.9 Å². The summed E-state index contributed by atoms with van der Waals surface area (Å²) in [6, 6.07) is 21.9. The summed E-state index contributed by atoms with van der Waals surface area (Å²) in [4.78, 5) is 16.2. The van der Waals surface area contributed by atoms with Gasteiger partial charge < -0.3 is 24.5 Å². The topological polar surface area (TPSA) is 72.6 Å². The van der Waals surface area contributed by atoms with E-state index in [2.05, 4.69) is 22.4 Å². The molecule has 0 atom stereocenters. The number of methoxy groups -OCH3 is 1. The molecule has 0 radical (unpaired) electrons. The van der Waals surface area contributed by atoms with E-state index in [9.17, 15) is 4.79 Å². The van der Waals surface area contributed by atoms with Crippen LogP contribution in [0, 0.1) is 0 Å². The maximum Gasteiger partial charge on any atom is 0.220 e. The largest absolute Gasteiger partial charge is 0.497 e. The molecule has 6 heteroatoms. The minimum absolute atomic E-state index is 0.0100. The molecule has 5 rings (SSSR count). The molecular weight excluding hydrogens is 416 g/mol. The van der Waals surface area contributed by atoms with E-state index in [0.717, 1.165) is 50.5 Å². The van der Waals surface area contributed by atoms with Crippen molar-refractivity contribution in [1.29, 1.82) is 0 Å². The number of para-hydroxylation sites is 1. The number of benzene rings is 3. The summed E-state index contributed by atoms with van der Waals surface area (Å²) >= 11 is 0. The normalized spacial score (nSPS) is 12.5. The van der Waals surface area contributed by atoms with Gasteiger partial charge in [0.15, 0.2) is 11.5 Å². The maximum absolute atomic E-state index is 12.7. The second kappa shape index (κ2) is 9.28. The van der Waals surface area contributed by atoms with E-state index in [0.29, 0.717) is 32.6 Å². The van der Waals surface area contributed by atoms with Gasteiger partial charge in [-0.3, -0.25) is 4.79 Å². The first-order chi connectivity index (χ1) is 16.2. The number of amides is 1. The molecule has 0 aliphatic carbocycles. The van der Waals surface area contributed by atoms with Crippen molar-refractivity contribution in [1.82, 2.24) is 10.3 Å². The zero-order valence-corrected chi connectivity index (χ0v) is 18.5. The third-order valence-electron chi connectivity index (χ3n) is 5.89. The van der Waals surface area contributed by atoms with Gasteiger partial charge in [-0.2, -0.15) is 0 Å². The van der Waals surface area contributed by atoms with Gasteiger partial charge in [0.2, 0.25) is 5.91 Å². The second-order valence-electron chi connectivity index (χ2n) is 8.01. The van der Waals surface area contributed by atoms with E-state index in [1.807, 2.05) is 54.6 Å². The number of rotatable bonds is 7. The number of fused-ring (bicyclic) bond motifs is 2. The molecular formula is C27H26N2O4. The Balaban J connectivity index is 1.29. The van der Waals surface area contributed by atoms with Gasteiger partial charge in [-0.05, 0) is 65.6 Å². The summed E-state index contributed by atoms with van der Waals surface area (Å²) in [5.41, 5.74) is 5.30. The zero-order valence-electron chi connectivity index (χ0n) is 18.5. The molecule has 1 aliphatic rings. The van der Waals surface area contributed by atoms with Crippen molar-refractivity contribution in [3.63, 3.8) is 0 Å². The Morgan fingerprint density at radius 3 is 2.61 bits per heavy atom. The van der Waals surface area contributed by atoms with E-state index in [-0.39, 0.29) is 5.91 Å². The number of hydrogen-bond acceptors (Lipinski definition) is 4. The molecule has 2 N–H and O–H groups in total. The first-order valence-corrected chi connectivity index (χ1v) is 11.1. The quantitative estimate of drug-likeness (QED) is 0.429. The fraction of sp³-hybridized carbons (Fsp3) is 0.222. The second-order valence-corrected chi connectivity index (χ2v) is 8.01. The number of H-pyrrole nitrogens is 1. The molecule has 1 aliphatic heterocycles. The highest BCUT2D eigenvalue weighted by Gasteiger charge is 2.15. The van der Waals surface area contributed by atoms with Gasteiger partial charge >= 0.3 is 0 Å². The monoisotopic (exact) mass is 442 g/mol. The van der Waals surface area contributed by atoms with Crippen LogP contribution in [0.5, 0.6) is 17.2 Å². The van der Waals surface area contributed by atoms with Crippen LogP contribution >= 0.6 is 0 Å². The third-order valence-corrected chi connectivity index (χ3v) is 5.89. The molecule has 0 saturated carbocycles. The molecule has 2 heterocycles. The lowest BCUT2D eigenvalue weighted by Gasteiger charge is -2.19. The number of carbonyl (C=O) groups is 1. The van der Waals surface area contributed by atoms with Crippen LogP contribution in [0.2, 0.25) is 0 Å². The molecule has 1 amide bonds. The predicted molar refractivity (Wildman–Crippen MR) is 128 cm³/mol. The highest BCUT2D eigenvalue weighted by molar-refractivity contribution is 5.91. The van der Waals surface area contributed by atoms with Crippen molar-refractivity contribution < 1.29 is 19.0 Å². The predicted octanol–water partition coefficient (Wildman–Crippen LogP) is 4.86. The molecule has 4 aromatic rings. The van der Waals surface area contributed by atoms with E-state index in [1.165, 1.54) is 0 Å². The van der Waals surface area contributed by atoms with E-state index < -0.39 is 0 Å². The van der Waals surface area contributed by atoms with Gasteiger partial charge in [0.05, 0.1) is 7.11 Å². The van der Waals surface area contributed by atoms with Gasteiger partial charge in [-0.1, -0.05) is 24.3 Å². The summed E-state index contributed by atoms with van der Waals surface area (Å²) < 4.78 is 16.5. The Labute approximate surface area is 192 Å². The fourth-order valence-corrected chi connectivity index (χ4v) is 4.19. The number of nitrogens with one attached hydrogen (secondary N) is 2. The van der Waals surface area contributed by atoms with E-state index in [1.54, 1.807) is 7.11 Å². The molecule has 0 spiro atoms. The number of carbonyl (C=O) groups excluding carboxylic acids is 1. The van der Waals surface area contributed by atoms with Crippen LogP contribution in [0.4, 0.5) is 0 Å². The molecule has 0 unspecified atom stereocenters. The van der Waals surface area contributed by atoms with Crippen molar-refractivity contribution in [2.45, 2.75) is 19.4 Å². The Morgan fingerprint density at radius 1 is 1.00 bits per heavy atom. The van der Waals surface area contributed by atoms with Gasteiger partial charge in [-0.15, -0.1) is 0 Å². The first-order valence-electron chi connectivity index (χ1n) is 11.1. The van der Waals surface area contributed by atoms with Crippen LogP contribution in [0.1, 0.15) is 17.5 Å². The third kappa shape index (κ3) is 4.51. The van der Waals surface area contributed by atoms with E-state index >= 15 is 0 Å². The van der Waals surface area contributed by atoms with Crippen LogP contribution in [-0.4, -0.2) is 31.2 Å². The molecule has 0 fully saturated rings. The highest BCUT2D eigenvalue weighted by atomic mass is 16.6. The van der Waals surface area contributed by atoms with Gasteiger partial charge in [0.1, 0.15) is 19.0 Å². The lowest BCUT2D eigenvalue weighted by molar-refractivity contribution is -0.121. The SMILES string of the molecule is COc1ccc(-c2[nH]c3ccccc3c2CCC(=O)NCc2ccc3c(c2)OCCO3)cc1. The number of aromatic nitrogens is 1. The van der Waals surface area contributed by atoms with Crippen molar-refractivity contribution in [2.24, 2.45) is 0 Å². The Morgan fingerprint density at radius 2 is 1.79 bits per heavy atom. The van der Waals surface area contributed by atoms with Crippen LogP contribution < -0.4 is 19.5 Å². The summed E-state index contributed by atoms with van der Waals surface area (Å²) in [7, 11) is 1.66. The summed E-state index contributed by atoms with van der Waals surface area (Å²) in [6.45, 7) is 1.56. The molecule has 6 nitrogen and oxygen atoms in total. The number of hydrogen-bond donors (Lipinski definition) is 2. The Hall–Kier alpha value is -3.93. The summed E-state index contributed by atoms with van der Waals surface area (Å²) in [6.07, 6.45) is 1.04. The smallest absolute Gasteiger partial charge is 0.220 e. The zero-order chi connectivity index (χ0) is 22.6. The average Bonchev–Trinajstić information content (AvgIpc) is 3.24. The van der Waals surface area contributed by atoms with Crippen molar-refractivity contribution in [3.8, 4) is 28.5 Å². The van der Waals surface area contributed by atoms with Crippen LogP contribution in [0.3, 0.4) is 0 Å². The van der Waals surface area contributed by atoms with Crippen molar-refractivity contribution in [2.75, 3.05) is 20.3 Å². The number of aryl methyl sites for hydroxylation is 1. The van der Waals surface area contributed by atoms with Crippen LogP contribution in [0.15, 0.2) is 66.7 Å². The first kappa shape index (κ1) is 20.9. The Kier molecular flexibility index (Phi) is 5.89. The van der Waals surface area contributed by atoms with Crippen LogP contribution in [0.25, 0.3) is 22.2 Å². The van der Waals surface area contributed by atoms with E-state index in [4.69, 9.17) is 14.2 Å². The highest BCUT2D eigenvalue weighted by Crippen LogP contribution is 2.33. The lowest BCUT2D eigenvalue weighted by Crippen LogP contribution is -2.23. The molecule has 1 aromatic heterocycles. The number of ether oxygens (including phenoxy) is 3. The van der Waals surface area contributed by atoms with Crippen molar-refractivity contribution >= 4 is 16.8 Å². The molecule has 0 bridgehead atoms. The standard InChI is InChI=1S/C27H26N2O4/c1-31-20-9-7-19(8-10-20)27-22(21-4-2-3-5-23(21)29-27)11-13-26(30)28-17-18-6-12-24-25(16-18)33-15-14-32-24/h2-10,12,16,29H,11,13-15,17H2,1H3,(H,28,30). The summed E-state index contributed by atoms with van der Waals surface area (Å²) in [5, 5.41) is 4.17. The van der Waals surface area contributed by atoms with Gasteiger partial charge in [0, 0.05) is 29.6 Å². The number of aromatic amines is 1. The summed E-state index contributed by atoms with van der Waals surface area (Å²) in [5.74, 6) is 2.31. The maximum atomic E-state index is 12.7. The minimum atomic E-state index is 0.0100. The molecule has 0 saturated heterocycles. The van der Waals surface area contributed by atoms with Crippen LogP contribution in [-0.2, 0) is 17.8 Å². The fourth-order valence-electron chi connectivity index (χ4n) is 4.19. The molecule has 33 heavy (non-hydrogen) atoms. The Bertz CT molecular complexity index is 1280. The molecule has 3 aromatic carbocycles. The minimum Gasteiger partial charge on any atom is -0.497 e. The van der Waals surface area contributed by atoms with Gasteiger partial charge in [0.25, 0.3) is 0 Å². The average molecular weight is 443 g/mol. The molecule has 168 valence electrons.